The van der Waals surface area contributed by atoms with Crippen LogP contribution < -0.4 is 5.73 Å². The molecule has 0 aliphatic heterocycles. The molecule has 1 unspecified atom stereocenters. The highest BCUT2D eigenvalue weighted by atomic mass is 32.2. The van der Waals surface area contributed by atoms with E-state index in [1.807, 2.05) is 13.8 Å². The molecule has 0 saturated heterocycles. The van der Waals surface area contributed by atoms with E-state index in [2.05, 4.69) is 9.97 Å². The minimum absolute atomic E-state index is 0.0936. The van der Waals surface area contributed by atoms with E-state index in [0.717, 1.165) is 0 Å². The Bertz CT molecular complexity index is 532. The van der Waals surface area contributed by atoms with Gasteiger partial charge in [0.05, 0.1) is 5.69 Å². The molecule has 0 spiro atoms. The number of hydrogen-bond acceptors (Lipinski definition) is 5. The summed E-state index contributed by atoms with van der Waals surface area (Å²) >= 11 is 1.22. The van der Waals surface area contributed by atoms with Crippen LogP contribution in [0.1, 0.15) is 48.6 Å². The van der Waals surface area contributed by atoms with Crippen molar-refractivity contribution in [3.63, 3.8) is 0 Å². The normalized spacial score (nSPS) is 12.4. The molecule has 110 valence electrons. The van der Waals surface area contributed by atoms with E-state index in [9.17, 15) is 14.7 Å². The summed E-state index contributed by atoms with van der Waals surface area (Å²) in [6, 6.07) is 0. The van der Waals surface area contributed by atoms with Crippen LogP contribution in [0.25, 0.3) is 0 Å². The van der Waals surface area contributed by atoms with Crippen molar-refractivity contribution in [1.82, 2.24) is 9.97 Å². The van der Waals surface area contributed by atoms with E-state index in [4.69, 9.17) is 5.73 Å². The number of aryl methyl sites for hydroxylation is 1. The van der Waals surface area contributed by atoms with Crippen LogP contribution in [0.4, 0.5) is 0 Å². The number of carbonyl (C=O) groups is 2. The number of hydrogen-bond donors (Lipinski definition) is 2. The highest BCUT2D eigenvalue weighted by molar-refractivity contribution is 7.99. The topological polar surface area (TPSA) is 106 Å². The fourth-order valence-electron chi connectivity index (χ4n) is 1.46. The Morgan fingerprint density at radius 2 is 1.90 bits per heavy atom. The number of aromatic carboxylic acids is 1. The number of carboxylic acid groups (broad SMARTS) is 1. The fraction of sp³-hybridized carbons (Fsp3) is 0.538. The lowest BCUT2D eigenvalue weighted by Gasteiger charge is -2.13. The summed E-state index contributed by atoms with van der Waals surface area (Å²) in [6.45, 7) is 7.23. The van der Waals surface area contributed by atoms with Gasteiger partial charge in [-0.1, -0.05) is 20.8 Å². The summed E-state index contributed by atoms with van der Waals surface area (Å²) in [5.74, 6) is -0.731. The first-order valence-electron chi connectivity index (χ1n) is 6.28. The van der Waals surface area contributed by atoms with Gasteiger partial charge in [-0.05, 0) is 6.92 Å². The molecule has 1 rings (SSSR count). The zero-order valence-electron chi connectivity index (χ0n) is 12.0. The summed E-state index contributed by atoms with van der Waals surface area (Å²) in [5.41, 5.74) is 5.73. The van der Waals surface area contributed by atoms with Gasteiger partial charge in [0.15, 0.2) is 0 Å². The fourth-order valence-corrected chi connectivity index (χ4v) is 2.57. The molecule has 1 aromatic rings. The van der Waals surface area contributed by atoms with Crippen molar-refractivity contribution in [1.29, 1.82) is 0 Å². The monoisotopic (exact) mass is 297 g/mol. The Balaban J connectivity index is 3.13. The summed E-state index contributed by atoms with van der Waals surface area (Å²) in [5, 5.41) is 9.66. The number of carboxylic acids is 1. The first-order chi connectivity index (χ1) is 9.23. The largest absolute Gasteiger partial charge is 0.478 e. The number of primary amides is 1. The van der Waals surface area contributed by atoms with Crippen LogP contribution in [-0.2, 0) is 4.79 Å². The van der Waals surface area contributed by atoms with Crippen molar-refractivity contribution >= 4 is 23.6 Å². The average molecular weight is 297 g/mol. The molecule has 1 aromatic heterocycles. The molecule has 1 heterocycles. The molecule has 0 aromatic carbocycles. The maximum absolute atomic E-state index is 11.3. The van der Waals surface area contributed by atoms with E-state index in [1.165, 1.54) is 11.8 Å². The number of thioether (sulfide) groups is 1. The van der Waals surface area contributed by atoms with Gasteiger partial charge in [0, 0.05) is 17.6 Å². The highest BCUT2D eigenvalue weighted by Crippen LogP contribution is 2.26. The molecule has 20 heavy (non-hydrogen) atoms. The van der Waals surface area contributed by atoms with Crippen molar-refractivity contribution in [2.75, 3.05) is 5.75 Å². The van der Waals surface area contributed by atoms with Crippen LogP contribution in [0, 0.1) is 12.8 Å². The molecule has 0 radical (unpaired) electrons. The summed E-state index contributed by atoms with van der Waals surface area (Å²) in [7, 11) is 0. The van der Waals surface area contributed by atoms with Gasteiger partial charge in [-0.2, -0.15) is 0 Å². The first kappa shape index (κ1) is 16.4. The number of nitrogens with two attached hydrogens (primary N) is 1. The van der Waals surface area contributed by atoms with Crippen molar-refractivity contribution in [2.24, 2.45) is 11.7 Å². The SMILES string of the molecule is Cc1nc(C(C)C)nc(SCC(C)C(N)=O)c1C(=O)O. The smallest absolute Gasteiger partial charge is 0.340 e. The van der Waals surface area contributed by atoms with Gasteiger partial charge in [0.1, 0.15) is 16.4 Å². The molecular weight excluding hydrogens is 278 g/mol. The lowest BCUT2D eigenvalue weighted by atomic mass is 10.2. The molecule has 0 aliphatic carbocycles. The van der Waals surface area contributed by atoms with Gasteiger partial charge >= 0.3 is 5.97 Å². The molecule has 6 nitrogen and oxygen atoms in total. The van der Waals surface area contributed by atoms with Crippen LogP contribution in [0.15, 0.2) is 5.03 Å². The third-order valence-electron chi connectivity index (χ3n) is 2.76. The second-order valence-corrected chi connectivity index (χ2v) is 5.93. The van der Waals surface area contributed by atoms with Gasteiger partial charge < -0.3 is 10.8 Å². The Morgan fingerprint density at radius 1 is 1.30 bits per heavy atom. The Morgan fingerprint density at radius 3 is 2.35 bits per heavy atom. The van der Waals surface area contributed by atoms with E-state index in [1.54, 1.807) is 13.8 Å². The maximum atomic E-state index is 11.3. The lowest BCUT2D eigenvalue weighted by molar-refractivity contribution is -0.120. The third kappa shape index (κ3) is 3.93. The van der Waals surface area contributed by atoms with Gasteiger partial charge in [0.2, 0.25) is 5.91 Å². The number of amides is 1. The molecule has 0 bridgehead atoms. The predicted molar refractivity (Wildman–Crippen MR) is 76.9 cm³/mol. The van der Waals surface area contributed by atoms with E-state index in [-0.39, 0.29) is 17.4 Å². The molecule has 0 aliphatic rings. The van der Waals surface area contributed by atoms with Gasteiger partial charge in [-0.15, -0.1) is 11.8 Å². The van der Waals surface area contributed by atoms with Crippen molar-refractivity contribution < 1.29 is 14.7 Å². The van der Waals surface area contributed by atoms with E-state index < -0.39 is 11.9 Å². The minimum Gasteiger partial charge on any atom is -0.478 e. The average Bonchev–Trinajstić information content (AvgIpc) is 2.34. The van der Waals surface area contributed by atoms with Gasteiger partial charge in [-0.3, -0.25) is 4.79 Å². The minimum atomic E-state index is -1.06. The van der Waals surface area contributed by atoms with Crippen LogP contribution >= 0.6 is 11.8 Å². The molecule has 0 fully saturated rings. The maximum Gasteiger partial charge on any atom is 0.340 e. The van der Waals surface area contributed by atoms with Gasteiger partial charge in [0.25, 0.3) is 0 Å². The quantitative estimate of drug-likeness (QED) is 0.612. The Kier molecular flexibility index (Phi) is 5.50. The predicted octanol–water partition coefficient (Wildman–Crippen LogP) is 1.82. The van der Waals surface area contributed by atoms with Crippen molar-refractivity contribution in [2.45, 2.75) is 38.6 Å². The standard InChI is InChI=1S/C13H19N3O3S/c1-6(2)11-15-8(4)9(13(18)19)12(16-11)20-5-7(3)10(14)17/h6-7H,5H2,1-4H3,(H2,14,17)(H,18,19). The molecule has 7 heteroatoms. The van der Waals surface area contributed by atoms with Crippen LogP contribution in [0.2, 0.25) is 0 Å². The van der Waals surface area contributed by atoms with Crippen molar-refractivity contribution in [3.8, 4) is 0 Å². The number of nitrogens with zero attached hydrogens (tertiary/aromatic N) is 2. The van der Waals surface area contributed by atoms with Crippen LogP contribution in [0.5, 0.6) is 0 Å². The Labute approximate surface area is 122 Å². The summed E-state index contributed by atoms with van der Waals surface area (Å²) in [6.07, 6.45) is 0. The zero-order valence-corrected chi connectivity index (χ0v) is 12.8. The third-order valence-corrected chi connectivity index (χ3v) is 4.00. The van der Waals surface area contributed by atoms with Crippen LogP contribution in [0.3, 0.4) is 0 Å². The molecular formula is C13H19N3O3S. The van der Waals surface area contributed by atoms with Gasteiger partial charge in [-0.25, -0.2) is 14.8 Å². The number of aromatic nitrogens is 2. The highest BCUT2D eigenvalue weighted by Gasteiger charge is 2.20. The molecule has 3 N–H and O–H groups in total. The molecule has 1 amide bonds. The molecule has 0 saturated carbocycles. The first-order valence-corrected chi connectivity index (χ1v) is 7.26. The summed E-state index contributed by atoms with van der Waals surface area (Å²) < 4.78 is 0. The van der Waals surface area contributed by atoms with Crippen LogP contribution in [-0.4, -0.2) is 32.7 Å². The zero-order chi connectivity index (χ0) is 15.4. The molecule has 1 atom stereocenters. The second-order valence-electron chi connectivity index (χ2n) is 4.92. The second kappa shape index (κ2) is 6.69. The summed E-state index contributed by atoms with van der Waals surface area (Å²) in [4.78, 5) is 30.9. The lowest BCUT2D eigenvalue weighted by Crippen LogP contribution is -2.22. The Hall–Kier alpha value is -1.63. The van der Waals surface area contributed by atoms with E-state index in [0.29, 0.717) is 22.3 Å². The van der Waals surface area contributed by atoms with E-state index >= 15 is 0 Å². The number of rotatable bonds is 6. The van der Waals surface area contributed by atoms with Crippen molar-refractivity contribution in [3.05, 3.63) is 17.1 Å². The number of carbonyl (C=O) groups excluding carboxylic acids is 1.